The minimum atomic E-state index is 0.0781. The molecule has 0 heterocycles. The van der Waals surface area contributed by atoms with Gasteiger partial charge < -0.3 is 19.9 Å². The van der Waals surface area contributed by atoms with Crippen LogP contribution in [0.5, 0.6) is 17.2 Å². The lowest BCUT2D eigenvalue weighted by Crippen LogP contribution is -2.23. The summed E-state index contributed by atoms with van der Waals surface area (Å²) in [6.45, 7) is 0. The Labute approximate surface area is 139 Å². The third-order valence-electron chi connectivity index (χ3n) is 2.93. The van der Waals surface area contributed by atoms with Gasteiger partial charge in [0, 0.05) is 5.69 Å². The molecule has 0 amide bonds. The predicted octanol–water partition coefficient (Wildman–Crippen LogP) is 2.73. The van der Waals surface area contributed by atoms with E-state index in [4.69, 9.17) is 21.7 Å². The second-order valence-corrected chi connectivity index (χ2v) is 4.89. The Balaban J connectivity index is 1.90. The van der Waals surface area contributed by atoms with Crippen LogP contribution in [-0.2, 0) is 0 Å². The highest BCUT2D eigenvalue weighted by molar-refractivity contribution is 7.80. The fourth-order valence-corrected chi connectivity index (χ4v) is 1.94. The number of nitrogens with one attached hydrogen (secondary N) is 2. The number of ether oxygens (including phenoxy) is 2. The van der Waals surface area contributed by atoms with Crippen LogP contribution in [0, 0.1) is 0 Å². The molecule has 0 bridgehead atoms. The van der Waals surface area contributed by atoms with Crippen LogP contribution >= 0.6 is 12.2 Å². The van der Waals surface area contributed by atoms with Crippen LogP contribution in [0.15, 0.2) is 47.6 Å². The predicted molar refractivity (Wildman–Crippen MR) is 94.6 cm³/mol. The number of phenolic OH excluding ortho intramolecular Hbond substituents is 1. The molecular formula is C16H17N3O3S. The van der Waals surface area contributed by atoms with E-state index in [0.717, 1.165) is 17.0 Å². The second-order valence-electron chi connectivity index (χ2n) is 4.48. The first kappa shape index (κ1) is 16.6. The molecule has 120 valence electrons. The summed E-state index contributed by atoms with van der Waals surface area (Å²) in [5.74, 6) is 1.23. The number of rotatable bonds is 5. The number of nitrogens with zero attached hydrogens (tertiary/aromatic N) is 1. The highest BCUT2D eigenvalue weighted by Crippen LogP contribution is 2.25. The summed E-state index contributed by atoms with van der Waals surface area (Å²) >= 11 is 5.15. The monoisotopic (exact) mass is 331 g/mol. The number of hydrogen-bond acceptors (Lipinski definition) is 5. The number of hydrogen-bond donors (Lipinski definition) is 3. The van der Waals surface area contributed by atoms with Gasteiger partial charge in [-0.1, -0.05) is 0 Å². The Morgan fingerprint density at radius 3 is 2.52 bits per heavy atom. The Bertz CT molecular complexity index is 702. The van der Waals surface area contributed by atoms with E-state index in [9.17, 15) is 5.11 Å². The number of hydrazone groups is 1. The fourth-order valence-electron chi connectivity index (χ4n) is 1.77. The lowest BCUT2D eigenvalue weighted by atomic mass is 10.2. The van der Waals surface area contributed by atoms with Crippen LogP contribution < -0.4 is 20.2 Å². The van der Waals surface area contributed by atoms with Crippen LogP contribution in [0.1, 0.15) is 5.56 Å². The maximum absolute atomic E-state index is 9.53. The van der Waals surface area contributed by atoms with Gasteiger partial charge in [-0.25, -0.2) is 0 Å². The van der Waals surface area contributed by atoms with Gasteiger partial charge in [-0.15, -0.1) is 0 Å². The van der Waals surface area contributed by atoms with E-state index >= 15 is 0 Å². The van der Waals surface area contributed by atoms with Crippen molar-refractivity contribution < 1.29 is 14.6 Å². The maximum Gasteiger partial charge on any atom is 0.191 e. The van der Waals surface area contributed by atoms with Gasteiger partial charge in [0.05, 0.1) is 20.4 Å². The van der Waals surface area contributed by atoms with Crippen LogP contribution in [0.2, 0.25) is 0 Å². The molecular weight excluding hydrogens is 314 g/mol. The summed E-state index contributed by atoms with van der Waals surface area (Å²) in [7, 11) is 3.10. The van der Waals surface area contributed by atoms with E-state index < -0.39 is 0 Å². The Kier molecular flexibility index (Phi) is 5.76. The molecule has 0 spiro atoms. The SMILES string of the molecule is COc1ccc(NC(=S)N/N=C\c2ccc(O)c(OC)c2)cc1. The number of methoxy groups -OCH3 is 2. The molecule has 0 unspecified atom stereocenters. The van der Waals surface area contributed by atoms with Gasteiger partial charge in [-0.3, -0.25) is 5.43 Å². The zero-order valence-electron chi connectivity index (χ0n) is 12.7. The molecule has 23 heavy (non-hydrogen) atoms. The van der Waals surface area contributed by atoms with Gasteiger partial charge in [-0.05, 0) is 60.2 Å². The van der Waals surface area contributed by atoms with E-state index in [2.05, 4.69) is 15.8 Å². The van der Waals surface area contributed by atoms with Crippen molar-refractivity contribution >= 4 is 29.2 Å². The van der Waals surface area contributed by atoms with Gasteiger partial charge in [0.25, 0.3) is 0 Å². The molecule has 2 aromatic rings. The average Bonchev–Trinajstić information content (AvgIpc) is 2.57. The summed E-state index contributed by atoms with van der Waals surface area (Å²) in [6.07, 6.45) is 1.57. The first-order chi connectivity index (χ1) is 11.1. The number of benzene rings is 2. The zero-order valence-corrected chi connectivity index (χ0v) is 13.6. The quantitative estimate of drug-likeness (QED) is 0.444. The minimum absolute atomic E-state index is 0.0781. The highest BCUT2D eigenvalue weighted by atomic mass is 32.1. The van der Waals surface area contributed by atoms with Gasteiger partial charge in [0.1, 0.15) is 5.75 Å². The summed E-state index contributed by atoms with van der Waals surface area (Å²) in [6, 6.07) is 12.3. The standard InChI is InChI=1S/C16H17N3O3S/c1-21-13-6-4-12(5-7-13)18-16(23)19-17-10-11-3-8-14(20)15(9-11)22-2/h3-10,20H,1-2H3,(H2,18,19,23)/b17-10-. The number of thiocarbonyl (C=S) groups is 1. The molecule has 0 radical (unpaired) electrons. The van der Waals surface area contributed by atoms with Crippen molar-refractivity contribution in [3.05, 3.63) is 48.0 Å². The normalized spacial score (nSPS) is 10.3. The van der Waals surface area contributed by atoms with E-state index in [-0.39, 0.29) is 5.75 Å². The lowest BCUT2D eigenvalue weighted by Gasteiger charge is -2.07. The molecule has 6 nitrogen and oxygen atoms in total. The van der Waals surface area contributed by atoms with Crippen molar-refractivity contribution in [2.24, 2.45) is 5.10 Å². The minimum Gasteiger partial charge on any atom is -0.504 e. The summed E-state index contributed by atoms with van der Waals surface area (Å²) in [5, 5.41) is 16.9. The van der Waals surface area contributed by atoms with Crippen LogP contribution in [0.4, 0.5) is 5.69 Å². The summed E-state index contributed by atoms with van der Waals surface area (Å²) in [5.41, 5.74) is 4.30. The molecule has 0 aliphatic carbocycles. The molecule has 0 aliphatic heterocycles. The van der Waals surface area contributed by atoms with Gasteiger partial charge in [-0.2, -0.15) is 5.10 Å². The van der Waals surface area contributed by atoms with E-state index in [0.29, 0.717) is 10.9 Å². The number of aromatic hydroxyl groups is 1. The van der Waals surface area contributed by atoms with Crippen molar-refractivity contribution in [3.63, 3.8) is 0 Å². The summed E-state index contributed by atoms with van der Waals surface area (Å²) < 4.78 is 10.1. The van der Waals surface area contributed by atoms with Gasteiger partial charge >= 0.3 is 0 Å². The van der Waals surface area contributed by atoms with Crippen molar-refractivity contribution in [1.82, 2.24) is 5.43 Å². The molecule has 0 saturated heterocycles. The van der Waals surface area contributed by atoms with Crippen molar-refractivity contribution in [1.29, 1.82) is 0 Å². The second kappa shape index (κ2) is 8.00. The molecule has 0 aliphatic rings. The highest BCUT2D eigenvalue weighted by Gasteiger charge is 2.01. The average molecular weight is 331 g/mol. The van der Waals surface area contributed by atoms with E-state index in [1.807, 2.05) is 24.3 Å². The molecule has 0 saturated carbocycles. The van der Waals surface area contributed by atoms with Gasteiger partial charge in [0.15, 0.2) is 16.6 Å². The van der Waals surface area contributed by atoms with E-state index in [1.54, 1.807) is 25.5 Å². The number of phenols is 1. The molecule has 2 rings (SSSR count). The molecule has 3 N–H and O–H groups in total. The molecule has 0 atom stereocenters. The first-order valence-corrected chi connectivity index (χ1v) is 7.14. The molecule has 7 heteroatoms. The fraction of sp³-hybridized carbons (Fsp3) is 0.125. The van der Waals surface area contributed by atoms with Crippen molar-refractivity contribution in [3.8, 4) is 17.2 Å². The van der Waals surface area contributed by atoms with Crippen molar-refractivity contribution in [2.45, 2.75) is 0 Å². The largest absolute Gasteiger partial charge is 0.504 e. The third kappa shape index (κ3) is 4.86. The topological polar surface area (TPSA) is 75.1 Å². The first-order valence-electron chi connectivity index (χ1n) is 6.73. The molecule has 0 aromatic heterocycles. The third-order valence-corrected chi connectivity index (χ3v) is 3.12. The Morgan fingerprint density at radius 1 is 1.13 bits per heavy atom. The van der Waals surface area contributed by atoms with Gasteiger partial charge in [0.2, 0.25) is 0 Å². The maximum atomic E-state index is 9.53. The van der Waals surface area contributed by atoms with E-state index in [1.165, 1.54) is 13.2 Å². The smallest absolute Gasteiger partial charge is 0.191 e. The Hall–Kier alpha value is -2.80. The zero-order chi connectivity index (χ0) is 16.7. The van der Waals surface area contributed by atoms with Crippen LogP contribution in [0.25, 0.3) is 0 Å². The molecule has 2 aromatic carbocycles. The Morgan fingerprint density at radius 2 is 1.87 bits per heavy atom. The van der Waals surface area contributed by atoms with Crippen LogP contribution in [-0.4, -0.2) is 30.7 Å². The lowest BCUT2D eigenvalue weighted by molar-refractivity contribution is 0.373. The number of anilines is 1. The van der Waals surface area contributed by atoms with Crippen molar-refractivity contribution in [2.75, 3.05) is 19.5 Å². The molecule has 0 fully saturated rings. The summed E-state index contributed by atoms with van der Waals surface area (Å²) in [4.78, 5) is 0. The van der Waals surface area contributed by atoms with Crippen LogP contribution in [0.3, 0.4) is 0 Å².